The van der Waals surface area contributed by atoms with Gasteiger partial charge < -0.3 is 85.0 Å². The van der Waals surface area contributed by atoms with E-state index < -0.39 is 117 Å². The van der Waals surface area contributed by atoms with Crippen LogP contribution < -0.4 is 0 Å². The Morgan fingerprint density at radius 1 is 0.721 bits per heavy atom. The molecule has 3 fully saturated rings. The van der Waals surface area contributed by atoms with Crippen molar-refractivity contribution in [1.29, 1.82) is 0 Å². The number of aliphatic hydroxyl groups excluding tert-OH is 10. The smallest absolute Gasteiger partial charge is 0.306 e. The molecule has 3 aliphatic heterocycles. The quantitative estimate of drug-likeness (QED) is 0.0689. The highest BCUT2D eigenvalue weighted by Gasteiger charge is 2.69. The molecule has 18 nitrogen and oxygen atoms in total. The second kappa shape index (κ2) is 15.2. The van der Waals surface area contributed by atoms with Crippen LogP contribution in [0.3, 0.4) is 0 Å². The van der Waals surface area contributed by atoms with E-state index in [4.69, 9.17) is 18.9 Å². The zero-order valence-electron chi connectivity index (χ0n) is 23.2. The second-order valence-electron chi connectivity index (χ2n) is 10.6. The molecule has 19 heteroatoms. The fourth-order valence-corrected chi connectivity index (χ4v) is 6.36. The van der Waals surface area contributed by atoms with Gasteiger partial charge in [-0.3, -0.25) is 4.79 Å². The van der Waals surface area contributed by atoms with Gasteiger partial charge in [0.05, 0.1) is 40.0 Å². The molecule has 0 spiro atoms. The molecule has 3 aliphatic rings. The summed E-state index contributed by atoms with van der Waals surface area (Å²) in [4.78, 5) is 11.2. The van der Waals surface area contributed by atoms with Crippen LogP contribution in [-0.4, -0.2) is 203 Å². The fraction of sp³-hybridized carbons (Fsp3) is 0.958. The zero-order chi connectivity index (χ0) is 32.3. The summed E-state index contributed by atoms with van der Waals surface area (Å²) < 4.78 is 26.3. The maximum atomic E-state index is 11.6. The van der Waals surface area contributed by atoms with E-state index in [0.29, 0.717) is 11.5 Å². The van der Waals surface area contributed by atoms with E-state index in [1.807, 2.05) is 0 Å². The number of thioether (sulfide) groups is 1. The third-order valence-electron chi connectivity index (χ3n) is 8.15. The lowest BCUT2D eigenvalue weighted by Crippen LogP contribution is -2.82. The lowest BCUT2D eigenvalue weighted by molar-refractivity contribution is -0.394. The Morgan fingerprint density at radius 2 is 1.28 bits per heavy atom. The number of rotatable bonds is 12. The molecule has 12 N–H and O–H groups in total. The molecule has 0 amide bonds. The van der Waals surface area contributed by atoms with Crippen LogP contribution >= 0.6 is 11.8 Å². The maximum absolute atomic E-state index is 11.6. The number of esters is 1. The molecule has 3 heterocycles. The molecule has 0 aromatic carbocycles. The minimum Gasteiger partial charge on any atom is -0.469 e. The number of ether oxygens (including phenoxy) is 5. The van der Waals surface area contributed by atoms with Gasteiger partial charge in [-0.25, -0.2) is 0 Å². The predicted molar refractivity (Wildman–Crippen MR) is 139 cm³/mol. The van der Waals surface area contributed by atoms with Crippen molar-refractivity contribution in [1.82, 2.24) is 0 Å². The van der Waals surface area contributed by atoms with Gasteiger partial charge in [-0.2, -0.15) is 11.8 Å². The van der Waals surface area contributed by atoms with E-state index in [-0.39, 0.29) is 13.0 Å². The molecule has 15 atom stereocenters. The second-order valence-corrected chi connectivity index (χ2v) is 11.8. The number of carbonyl (C=O) groups is 1. The average molecular weight is 651 g/mol. The maximum Gasteiger partial charge on any atom is 0.306 e. The fourth-order valence-electron chi connectivity index (χ4n) is 5.63. The number of methoxy groups -OCH3 is 1. The standard InChI is InChI=1S/C24H42O18S/c1-38-12(28)2-4-43-5-3-39-22-17(33)19(35)24(37,11(8-27)42-22)21-16(32)18(34)23(36,10(7-26)41-21)20-15(31)14(30)13(29)9(6-25)40-20/h9-11,13-22,25-27,29-37H,2-8H2,1H3/t9-,10-,11-,13+,14+,15-,16-,17-,18-,19-,20-,21-,22+,23+,24-/m1/s1. The molecule has 0 aromatic heterocycles. The van der Waals surface area contributed by atoms with Gasteiger partial charge >= 0.3 is 5.97 Å². The molecule has 0 unspecified atom stereocenters. The van der Waals surface area contributed by atoms with Gasteiger partial charge in [-0.1, -0.05) is 0 Å². The van der Waals surface area contributed by atoms with E-state index in [9.17, 15) is 66.1 Å². The van der Waals surface area contributed by atoms with E-state index in [1.165, 1.54) is 18.9 Å². The summed E-state index contributed by atoms with van der Waals surface area (Å²) in [5, 5.41) is 127. The molecule has 0 aliphatic carbocycles. The average Bonchev–Trinajstić information content (AvgIpc) is 3.00. The molecular weight excluding hydrogens is 608 g/mol. The topological polar surface area (TPSA) is 306 Å². The van der Waals surface area contributed by atoms with Crippen LogP contribution in [0, 0.1) is 0 Å². The minimum absolute atomic E-state index is 0.0587. The summed E-state index contributed by atoms with van der Waals surface area (Å²) in [6.07, 6.45) is -26.3. The van der Waals surface area contributed by atoms with Gasteiger partial charge in [-0.15, -0.1) is 0 Å². The third kappa shape index (κ3) is 6.83. The monoisotopic (exact) mass is 650 g/mol. The normalized spacial score (nSPS) is 47.3. The molecule has 3 saturated heterocycles. The van der Waals surface area contributed by atoms with E-state index >= 15 is 0 Å². The Morgan fingerprint density at radius 3 is 1.84 bits per heavy atom. The summed E-state index contributed by atoms with van der Waals surface area (Å²) in [7, 11) is 1.25. The van der Waals surface area contributed by atoms with Gasteiger partial charge in [-0.05, 0) is 0 Å². The molecule has 0 bridgehead atoms. The van der Waals surface area contributed by atoms with Crippen LogP contribution in [0.1, 0.15) is 6.42 Å². The van der Waals surface area contributed by atoms with Crippen molar-refractivity contribution >= 4 is 17.7 Å². The van der Waals surface area contributed by atoms with Crippen LogP contribution in [0.2, 0.25) is 0 Å². The minimum atomic E-state index is -2.96. The van der Waals surface area contributed by atoms with Crippen LogP contribution in [0.4, 0.5) is 0 Å². The number of carbonyl (C=O) groups excluding carboxylic acids is 1. The first-order valence-electron chi connectivity index (χ1n) is 13.5. The van der Waals surface area contributed by atoms with Crippen molar-refractivity contribution in [3.8, 4) is 0 Å². The van der Waals surface area contributed by atoms with Gasteiger partial charge in [0.15, 0.2) is 11.9 Å². The zero-order valence-corrected chi connectivity index (χ0v) is 24.0. The van der Waals surface area contributed by atoms with Gasteiger partial charge in [0.2, 0.25) is 0 Å². The van der Waals surface area contributed by atoms with Crippen LogP contribution in [0.15, 0.2) is 0 Å². The largest absolute Gasteiger partial charge is 0.469 e. The van der Waals surface area contributed by atoms with Crippen LogP contribution in [-0.2, 0) is 28.5 Å². The van der Waals surface area contributed by atoms with Crippen LogP contribution in [0.5, 0.6) is 0 Å². The van der Waals surface area contributed by atoms with E-state index in [0.717, 1.165) is 0 Å². The first-order valence-corrected chi connectivity index (χ1v) is 14.7. The number of hydrogen-bond acceptors (Lipinski definition) is 19. The van der Waals surface area contributed by atoms with Crippen molar-refractivity contribution < 1.29 is 89.8 Å². The lowest BCUT2D eigenvalue weighted by Gasteiger charge is -2.59. The molecule has 0 radical (unpaired) electrons. The van der Waals surface area contributed by atoms with E-state index in [2.05, 4.69) is 4.74 Å². The molecular formula is C24H42O18S. The summed E-state index contributed by atoms with van der Waals surface area (Å²) in [5.74, 6) is 0.325. The highest BCUT2D eigenvalue weighted by atomic mass is 32.2. The van der Waals surface area contributed by atoms with Crippen molar-refractivity contribution in [2.24, 2.45) is 0 Å². The van der Waals surface area contributed by atoms with Gasteiger partial charge in [0.1, 0.15) is 78.8 Å². The molecule has 43 heavy (non-hydrogen) atoms. The molecule has 0 aromatic rings. The SMILES string of the molecule is COC(=O)CCSCCO[C@H]1O[C@H](CO)[C@](O)([C@@H]2O[C@H](CO)[C@@](O)([C@@H]3O[C@H](CO)[C@H](O)[C@H](O)[C@H]3O)[C@H](O)[C@H]2O)[C@H](O)[C@H]1O. The Labute approximate surface area is 249 Å². The highest BCUT2D eigenvalue weighted by molar-refractivity contribution is 7.99. The molecule has 0 saturated carbocycles. The first-order chi connectivity index (χ1) is 20.2. The summed E-state index contributed by atoms with van der Waals surface area (Å²) >= 11 is 1.31. The van der Waals surface area contributed by atoms with Crippen LogP contribution in [0.25, 0.3) is 0 Å². The summed E-state index contributed by atoms with van der Waals surface area (Å²) in [6.45, 7) is -3.18. The molecule has 252 valence electrons. The van der Waals surface area contributed by atoms with Gasteiger partial charge in [0.25, 0.3) is 0 Å². The first kappa shape index (κ1) is 36.6. The van der Waals surface area contributed by atoms with Gasteiger partial charge in [0, 0.05) is 11.5 Å². The number of aliphatic hydroxyl groups is 12. The Balaban J connectivity index is 1.79. The third-order valence-corrected chi connectivity index (χ3v) is 9.10. The lowest BCUT2D eigenvalue weighted by atomic mass is 9.69. The summed E-state index contributed by atoms with van der Waals surface area (Å²) in [6, 6.07) is 0. The Hall–Kier alpha value is -0.820. The predicted octanol–water partition coefficient (Wildman–Crippen LogP) is -7.48. The van der Waals surface area contributed by atoms with Crippen molar-refractivity contribution in [3.63, 3.8) is 0 Å². The number of hydrogen-bond donors (Lipinski definition) is 12. The highest BCUT2D eigenvalue weighted by Crippen LogP contribution is 2.44. The Bertz CT molecular complexity index is 892. The van der Waals surface area contributed by atoms with Crippen molar-refractivity contribution in [3.05, 3.63) is 0 Å². The Kier molecular flexibility index (Phi) is 12.9. The molecule has 3 rings (SSSR count). The van der Waals surface area contributed by atoms with Crippen molar-refractivity contribution in [2.45, 2.75) is 97.2 Å². The van der Waals surface area contributed by atoms with Crippen molar-refractivity contribution in [2.75, 3.05) is 45.0 Å². The summed E-state index contributed by atoms with van der Waals surface area (Å²) in [5.41, 5.74) is -5.87. The van der Waals surface area contributed by atoms with E-state index in [1.54, 1.807) is 0 Å².